The molecule has 2 saturated heterocycles. The molecule has 1 amide bonds. The first kappa shape index (κ1) is 44.3. The average molecular weight is 760 g/mol. The highest BCUT2D eigenvalue weighted by Crippen LogP contribution is 2.41. The number of Topliss-reactive ketones (excluding diaryl/α,β-unsaturated/α-hetero) is 2. The van der Waals surface area contributed by atoms with Crippen molar-refractivity contribution in [3.63, 3.8) is 0 Å². The molecule has 3 aliphatic heterocycles. The predicted octanol–water partition coefficient (Wildman–Crippen LogP) is 5.86. The zero-order chi connectivity index (χ0) is 39.9. The van der Waals surface area contributed by atoms with Crippen LogP contribution < -0.4 is 0 Å². The molecule has 2 bridgehead atoms. The normalized spacial score (nSPS) is 40.3. The van der Waals surface area contributed by atoms with E-state index in [0.717, 1.165) is 19.3 Å². The molecule has 0 aromatic heterocycles. The van der Waals surface area contributed by atoms with Crippen molar-refractivity contribution >= 4 is 23.4 Å². The number of allylic oxidation sites excluding steroid dienone is 3. The van der Waals surface area contributed by atoms with Crippen molar-refractivity contribution in [1.82, 2.24) is 4.90 Å². The zero-order valence-corrected chi connectivity index (χ0v) is 34.1. The predicted molar refractivity (Wildman–Crippen MR) is 205 cm³/mol. The maximum Gasteiger partial charge on any atom is 0.329 e. The molecule has 3 fully saturated rings. The van der Waals surface area contributed by atoms with Crippen molar-refractivity contribution in [2.24, 2.45) is 35.5 Å². The van der Waals surface area contributed by atoms with E-state index in [4.69, 9.17) is 14.2 Å². The molecule has 8 unspecified atom stereocenters. The van der Waals surface area contributed by atoms with Crippen molar-refractivity contribution in [3.05, 3.63) is 23.3 Å². The molecule has 1 aliphatic carbocycles. The SMILES string of the molecule is CCC1=CC(C)C[C@H](C)CCC2OC(O)(C(=O)C(=O)N3CCCCC3C(=O)OC(C(C)=C[C@@H]3CCC(O)C(OC)C3)[C@H](C)C(O)CC1=O)[C@H](C)C[C@@H]2CC. The fraction of sp³-hybridized carbons (Fsp3) is 0.814. The summed E-state index contributed by atoms with van der Waals surface area (Å²) >= 11 is 0. The van der Waals surface area contributed by atoms with Gasteiger partial charge in [0.15, 0.2) is 5.78 Å². The van der Waals surface area contributed by atoms with Crippen molar-refractivity contribution in [3.8, 4) is 0 Å². The molecule has 0 radical (unpaired) electrons. The summed E-state index contributed by atoms with van der Waals surface area (Å²) in [7, 11) is 1.57. The first-order chi connectivity index (χ1) is 25.5. The number of piperidine rings is 1. The molecule has 11 heteroatoms. The minimum Gasteiger partial charge on any atom is -0.456 e. The zero-order valence-electron chi connectivity index (χ0n) is 34.1. The molecule has 3 N–H and O–H groups in total. The van der Waals surface area contributed by atoms with Gasteiger partial charge >= 0.3 is 5.97 Å². The van der Waals surface area contributed by atoms with E-state index in [2.05, 4.69) is 20.8 Å². The Morgan fingerprint density at radius 2 is 1.69 bits per heavy atom. The number of carbonyl (C=O) groups is 4. The molecule has 0 aromatic rings. The molecule has 54 heavy (non-hydrogen) atoms. The van der Waals surface area contributed by atoms with Crippen LogP contribution in [-0.4, -0.2) is 99.7 Å². The van der Waals surface area contributed by atoms with Crippen molar-refractivity contribution in [2.75, 3.05) is 13.7 Å². The Hall–Kier alpha value is -2.44. The Morgan fingerprint density at radius 1 is 0.963 bits per heavy atom. The highest BCUT2D eigenvalue weighted by Gasteiger charge is 2.54. The summed E-state index contributed by atoms with van der Waals surface area (Å²) in [6, 6.07) is -1.08. The van der Waals surface area contributed by atoms with Gasteiger partial charge in [-0.15, -0.1) is 0 Å². The lowest BCUT2D eigenvalue weighted by Gasteiger charge is -2.45. The summed E-state index contributed by atoms with van der Waals surface area (Å²) in [6.07, 6.45) is 7.84. The van der Waals surface area contributed by atoms with E-state index < -0.39 is 65.7 Å². The Labute approximate surface area is 323 Å². The maximum absolute atomic E-state index is 14.2. The molecule has 4 aliphatic rings. The highest BCUT2D eigenvalue weighted by molar-refractivity contribution is 6.39. The molecular weight excluding hydrogens is 690 g/mol. The van der Waals surface area contributed by atoms with Gasteiger partial charge < -0.3 is 34.4 Å². The number of nitrogens with zero attached hydrogens (tertiary/aromatic N) is 1. The molecule has 306 valence electrons. The number of hydrogen-bond donors (Lipinski definition) is 3. The fourth-order valence-electron chi connectivity index (χ4n) is 9.48. The van der Waals surface area contributed by atoms with Gasteiger partial charge in [0, 0.05) is 31.9 Å². The number of amides is 1. The Morgan fingerprint density at radius 3 is 2.35 bits per heavy atom. The van der Waals surface area contributed by atoms with Gasteiger partial charge in [-0.25, -0.2) is 4.79 Å². The van der Waals surface area contributed by atoms with Crippen LogP contribution >= 0.6 is 0 Å². The number of aliphatic hydroxyl groups is 3. The summed E-state index contributed by atoms with van der Waals surface area (Å²) in [5.74, 6) is -6.02. The van der Waals surface area contributed by atoms with Crippen LogP contribution in [0.1, 0.15) is 132 Å². The number of cyclic esters (lactones) is 1. The summed E-state index contributed by atoms with van der Waals surface area (Å²) in [5, 5.41) is 33.9. The lowest BCUT2D eigenvalue weighted by atomic mass is 9.77. The third kappa shape index (κ3) is 10.5. The standard InChI is InChI=1S/C43H69NO10/c1-9-31-20-26(4)19-25(3)14-17-37-32(10-2)22-28(6)43(51,54-37)40(48)41(49)44-18-12-11-13-33(44)42(50)53-39(29(7)35(46)24-36(31)47)27(5)21-30-15-16-34(45)38(23-30)52-8/h20-21,25-26,28-30,32-35,37-39,45-46,51H,9-19,22-24H2,1-8H3/t25-,26?,28-,29-,30+,32+,33?,34?,35?,37?,38?,39?,43?/m1/s1. The van der Waals surface area contributed by atoms with Crippen LogP contribution in [0.5, 0.6) is 0 Å². The van der Waals surface area contributed by atoms with E-state index in [1.165, 1.54) is 4.90 Å². The van der Waals surface area contributed by atoms with E-state index in [9.17, 15) is 34.5 Å². The van der Waals surface area contributed by atoms with Crippen molar-refractivity contribution in [2.45, 2.75) is 174 Å². The number of fused-ring (bicyclic) bond motifs is 3. The van der Waals surface area contributed by atoms with Gasteiger partial charge in [-0.05, 0) is 112 Å². The van der Waals surface area contributed by atoms with Crippen molar-refractivity contribution < 1.29 is 48.7 Å². The highest BCUT2D eigenvalue weighted by atomic mass is 16.6. The third-order valence-corrected chi connectivity index (χ3v) is 13.0. The van der Waals surface area contributed by atoms with Gasteiger partial charge in [0.05, 0.1) is 24.4 Å². The topological polar surface area (TPSA) is 160 Å². The van der Waals surface area contributed by atoms with Crippen LogP contribution in [-0.2, 0) is 33.4 Å². The van der Waals surface area contributed by atoms with E-state index in [-0.39, 0.29) is 54.9 Å². The Kier molecular flexibility index (Phi) is 16.1. The average Bonchev–Trinajstić information content (AvgIpc) is 3.15. The fourth-order valence-corrected chi connectivity index (χ4v) is 9.48. The maximum atomic E-state index is 14.2. The van der Waals surface area contributed by atoms with Crippen molar-refractivity contribution in [1.29, 1.82) is 0 Å². The lowest BCUT2D eigenvalue weighted by molar-refractivity contribution is -0.276. The van der Waals surface area contributed by atoms with Gasteiger partial charge in [0.2, 0.25) is 5.79 Å². The summed E-state index contributed by atoms with van der Waals surface area (Å²) in [6.45, 7) is 13.7. The molecule has 11 nitrogen and oxygen atoms in total. The number of carbonyl (C=O) groups excluding carboxylic acids is 4. The van der Waals surface area contributed by atoms with Crippen LogP contribution in [0.2, 0.25) is 0 Å². The number of ether oxygens (including phenoxy) is 3. The van der Waals surface area contributed by atoms with E-state index in [1.54, 1.807) is 21.0 Å². The number of aliphatic hydroxyl groups excluding tert-OH is 2. The van der Waals surface area contributed by atoms with Crippen LogP contribution in [0.4, 0.5) is 0 Å². The van der Waals surface area contributed by atoms with Gasteiger partial charge in [-0.1, -0.05) is 60.1 Å². The summed E-state index contributed by atoms with van der Waals surface area (Å²) in [5.41, 5.74) is 1.35. The minimum atomic E-state index is -2.32. The van der Waals surface area contributed by atoms with Gasteiger partial charge in [-0.2, -0.15) is 0 Å². The molecule has 4 rings (SSSR count). The molecule has 3 heterocycles. The van der Waals surface area contributed by atoms with E-state index in [1.807, 2.05) is 26.0 Å². The smallest absolute Gasteiger partial charge is 0.329 e. The second kappa shape index (κ2) is 19.6. The number of rotatable bonds is 5. The van der Waals surface area contributed by atoms with Gasteiger partial charge in [-0.3, -0.25) is 14.4 Å². The monoisotopic (exact) mass is 759 g/mol. The molecule has 1 saturated carbocycles. The number of hydrogen-bond acceptors (Lipinski definition) is 10. The lowest BCUT2D eigenvalue weighted by Crippen LogP contribution is -2.62. The molecule has 0 aromatic carbocycles. The number of esters is 1. The first-order valence-corrected chi connectivity index (χ1v) is 20.8. The van der Waals surface area contributed by atoms with Crippen LogP contribution in [0.15, 0.2) is 23.3 Å². The number of ketones is 2. The summed E-state index contributed by atoms with van der Waals surface area (Å²) < 4.78 is 18.1. The third-order valence-electron chi connectivity index (χ3n) is 13.0. The largest absolute Gasteiger partial charge is 0.456 e. The molecule has 13 atom stereocenters. The quantitative estimate of drug-likeness (QED) is 0.176. The molecular formula is C43H69NO10. The first-order valence-electron chi connectivity index (χ1n) is 20.8. The minimum absolute atomic E-state index is 0.0198. The van der Waals surface area contributed by atoms with E-state index >= 15 is 0 Å². The number of methoxy groups -OCH3 is 1. The van der Waals surface area contributed by atoms with Crippen LogP contribution in [0, 0.1) is 35.5 Å². The Bertz CT molecular complexity index is 1380. The van der Waals surface area contributed by atoms with Gasteiger partial charge in [0.1, 0.15) is 12.1 Å². The second-order valence-electron chi connectivity index (χ2n) is 17.2. The molecule has 0 spiro atoms. The van der Waals surface area contributed by atoms with E-state index in [0.29, 0.717) is 62.5 Å². The van der Waals surface area contributed by atoms with Crippen LogP contribution in [0.25, 0.3) is 0 Å². The van der Waals surface area contributed by atoms with Crippen LogP contribution in [0.3, 0.4) is 0 Å². The Balaban J connectivity index is 1.73. The van der Waals surface area contributed by atoms with Gasteiger partial charge in [0.25, 0.3) is 11.7 Å². The second-order valence-corrected chi connectivity index (χ2v) is 17.2. The summed E-state index contributed by atoms with van der Waals surface area (Å²) in [4.78, 5) is 57.4.